The average Bonchev–Trinajstić information content (AvgIpc) is 3.22. The van der Waals surface area contributed by atoms with Crippen LogP contribution in [0.25, 0.3) is 0 Å². The number of aryl methyl sites for hydroxylation is 1. The number of nitrogens with one attached hydrogen (secondary N) is 1. The molecule has 0 spiro atoms. The number of carbonyl (C=O) groups excluding carboxylic acids is 1. The van der Waals surface area contributed by atoms with Crippen molar-refractivity contribution in [1.29, 1.82) is 5.26 Å². The summed E-state index contributed by atoms with van der Waals surface area (Å²) in [5.74, 6) is -1.53. The number of ether oxygens (including phenoxy) is 1. The molecule has 5 N–H and O–H groups in total. The van der Waals surface area contributed by atoms with Crippen molar-refractivity contribution in [3.05, 3.63) is 67.7 Å². The van der Waals surface area contributed by atoms with Crippen LogP contribution >= 0.6 is 0 Å². The molecular formula is C22H25FN4O8. The highest BCUT2D eigenvalue weighted by molar-refractivity contribution is 5.94. The van der Waals surface area contributed by atoms with Gasteiger partial charge in [-0.1, -0.05) is 0 Å². The van der Waals surface area contributed by atoms with Crippen molar-refractivity contribution >= 4 is 5.91 Å². The molecule has 12 nitrogen and oxygen atoms in total. The number of aromatic nitrogens is 2. The molecule has 188 valence electrons. The highest BCUT2D eigenvalue weighted by Gasteiger charge is 2.35. The Hall–Kier alpha value is -3.41. The Kier molecular flexibility index (Phi) is 8.15. The van der Waals surface area contributed by atoms with E-state index in [1.165, 1.54) is 13.1 Å². The molecule has 1 aromatic heterocycles. The van der Waals surface area contributed by atoms with Crippen molar-refractivity contribution in [2.45, 2.75) is 50.5 Å². The SMILES string of the molecule is Cc1cn([C@H]2C[C@H](O)[C@@H](CO)O2)c(=O)n(C[C@@H](O)[C@@H](O)CNC(=O)c2ccc([19F])c(C#N)c2)c1=O. The van der Waals surface area contributed by atoms with Crippen molar-refractivity contribution < 1.29 is 34.3 Å². The number of carbonyl (C=O) groups is 1. The van der Waals surface area contributed by atoms with Crippen LogP contribution in [0.3, 0.4) is 0 Å². The van der Waals surface area contributed by atoms with Gasteiger partial charge in [0.15, 0.2) is 0 Å². The number of hydrogen-bond acceptors (Lipinski definition) is 9. The van der Waals surface area contributed by atoms with Crippen LogP contribution in [0.1, 0.15) is 34.1 Å². The molecule has 3 rings (SSSR count). The van der Waals surface area contributed by atoms with E-state index in [0.29, 0.717) is 4.57 Å². The molecule has 1 aliphatic heterocycles. The number of nitrogens with zero attached hydrogens (tertiary/aromatic N) is 3. The van der Waals surface area contributed by atoms with Gasteiger partial charge in [0.1, 0.15) is 24.2 Å². The number of hydrogen-bond donors (Lipinski definition) is 5. The molecule has 2 aromatic rings. The Morgan fingerprint density at radius 1 is 1.34 bits per heavy atom. The van der Waals surface area contributed by atoms with Crippen molar-refractivity contribution in [2.24, 2.45) is 0 Å². The topological polar surface area (TPSA) is 187 Å². The molecule has 0 unspecified atom stereocenters. The van der Waals surface area contributed by atoms with E-state index in [2.05, 4.69) is 5.32 Å². The first-order valence-electron chi connectivity index (χ1n) is 10.7. The second kappa shape index (κ2) is 10.9. The zero-order valence-corrected chi connectivity index (χ0v) is 18.7. The van der Waals surface area contributed by atoms with Gasteiger partial charge in [-0.2, -0.15) is 5.26 Å². The van der Waals surface area contributed by atoms with Gasteiger partial charge in [-0.3, -0.25) is 18.7 Å². The monoisotopic (exact) mass is 492 g/mol. The van der Waals surface area contributed by atoms with Crippen LogP contribution in [0.2, 0.25) is 0 Å². The first-order chi connectivity index (χ1) is 16.6. The summed E-state index contributed by atoms with van der Waals surface area (Å²) < 4.78 is 20.7. The predicted molar refractivity (Wildman–Crippen MR) is 117 cm³/mol. The third-order valence-electron chi connectivity index (χ3n) is 5.70. The Bertz CT molecular complexity index is 1250. The fraction of sp³-hybridized carbons (Fsp3) is 0.455. The summed E-state index contributed by atoms with van der Waals surface area (Å²) in [6, 6.07) is 4.73. The summed E-state index contributed by atoms with van der Waals surface area (Å²) in [7, 11) is 0. The molecule has 13 heteroatoms. The van der Waals surface area contributed by atoms with Gasteiger partial charge in [-0.05, 0) is 25.1 Å². The average molecular weight is 492 g/mol. The van der Waals surface area contributed by atoms with E-state index < -0.39 is 73.3 Å². The van der Waals surface area contributed by atoms with E-state index in [4.69, 9.17) is 10.00 Å². The van der Waals surface area contributed by atoms with Crippen LogP contribution in [0, 0.1) is 24.1 Å². The molecule has 0 radical (unpaired) electrons. The van der Waals surface area contributed by atoms with Gasteiger partial charge in [0, 0.05) is 30.3 Å². The number of benzene rings is 1. The minimum absolute atomic E-state index is 0.00309. The quantitative estimate of drug-likeness (QED) is 0.281. The summed E-state index contributed by atoms with van der Waals surface area (Å²) >= 11 is 0. The summed E-state index contributed by atoms with van der Waals surface area (Å²) in [6.07, 6.45) is -4.84. The first-order valence-corrected chi connectivity index (χ1v) is 10.7. The van der Waals surface area contributed by atoms with E-state index in [1.54, 1.807) is 6.07 Å². The summed E-state index contributed by atoms with van der Waals surface area (Å²) in [6.45, 7) is -0.101. The van der Waals surface area contributed by atoms with Gasteiger partial charge in [-0.25, -0.2) is 9.18 Å². The van der Waals surface area contributed by atoms with Crippen LogP contribution in [0.5, 0.6) is 0 Å². The van der Waals surface area contributed by atoms with Gasteiger partial charge in [0.05, 0.1) is 37.0 Å². The minimum atomic E-state index is -1.64. The lowest BCUT2D eigenvalue weighted by molar-refractivity contribution is -0.0468. The number of rotatable bonds is 8. The molecule has 0 bridgehead atoms. The third-order valence-corrected chi connectivity index (χ3v) is 5.70. The second-order valence-corrected chi connectivity index (χ2v) is 8.18. The van der Waals surface area contributed by atoms with Crippen molar-refractivity contribution in [3.63, 3.8) is 0 Å². The van der Waals surface area contributed by atoms with Crippen LogP contribution in [0.15, 0.2) is 34.0 Å². The van der Waals surface area contributed by atoms with Crippen LogP contribution in [-0.2, 0) is 11.3 Å². The number of aliphatic hydroxyl groups excluding tert-OH is 4. The molecule has 2 heterocycles. The number of aliphatic hydroxyl groups is 4. The lowest BCUT2D eigenvalue weighted by Gasteiger charge is -2.21. The zero-order chi connectivity index (χ0) is 25.9. The summed E-state index contributed by atoms with van der Waals surface area (Å²) in [4.78, 5) is 37.7. The molecule has 1 saturated heterocycles. The predicted octanol–water partition coefficient (Wildman–Crippen LogP) is -1.88. The number of halogens is 1. The van der Waals surface area contributed by atoms with Gasteiger partial charge in [0.2, 0.25) is 0 Å². The van der Waals surface area contributed by atoms with E-state index in [1.807, 2.05) is 0 Å². The lowest BCUT2D eigenvalue weighted by atomic mass is 10.1. The molecule has 35 heavy (non-hydrogen) atoms. The minimum Gasteiger partial charge on any atom is -0.394 e. The highest BCUT2D eigenvalue weighted by atomic mass is 19.1. The smallest absolute Gasteiger partial charge is 0.333 e. The number of amides is 1. The first kappa shape index (κ1) is 26.2. The second-order valence-electron chi connectivity index (χ2n) is 8.18. The fourth-order valence-electron chi connectivity index (χ4n) is 3.67. The van der Waals surface area contributed by atoms with Crippen LogP contribution in [0.4, 0.5) is 4.39 Å². The van der Waals surface area contributed by atoms with Gasteiger partial charge in [-0.15, -0.1) is 0 Å². The fourth-order valence-corrected chi connectivity index (χ4v) is 3.67. The zero-order valence-electron chi connectivity index (χ0n) is 18.7. The molecule has 1 aromatic carbocycles. The van der Waals surface area contributed by atoms with Crippen LogP contribution in [-0.4, -0.2) is 73.0 Å². The van der Waals surface area contributed by atoms with Crippen molar-refractivity contribution in [2.75, 3.05) is 13.2 Å². The Balaban J connectivity index is 1.71. The van der Waals surface area contributed by atoms with Gasteiger partial charge in [0.25, 0.3) is 11.5 Å². The molecule has 0 saturated carbocycles. The van der Waals surface area contributed by atoms with Crippen LogP contribution < -0.4 is 16.6 Å². The van der Waals surface area contributed by atoms with Crippen molar-refractivity contribution in [1.82, 2.24) is 14.5 Å². The Morgan fingerprint density at radius 3 is 2.69 bits per heavy atom. The van der Waals surface area contributed by atoms with Gasteiger partial charge >= 0.3 is 5.69 Å². The molecule has 1 fully saturated rings. The third kappa shape index (κ3) is 5.64. The highest BCUT2D eigenvalue weighted by Crippen LogP contribution is 2.27. The molecule has 5 atom stereocenters. The Morgan fingerprint density at radius 2 is 2.06 bits per heavy atom. The van der Waals surface area contributed by atoms with E-state index in [-0.39, 0.29) is 23.1 Å². The van der Waals surface area contributed by atoms with E-state index >= 15 is 0 Å². The molecule has 0 aliphatic carbocycles. The number of nitriles is 1. The maximum absolute atomic E-state index is 13.4. The largest absolute Gasteiger partial charge is 0.394 e. The standard InChI is InChI=1S/C22H25FN4O8/c1-11-8-26(19-5-15(29)18(10-28)35-19)22(34)27(21(11)33)9-17(31)16(30)7-25-20(32)12-2-3-14(23)13(4-12)6-24/h2-4,8,15-19,28-31H,5,7,9-10H2,1H3,(H,25,32)/t15-,16-,17+,18+,19+/m0/s1/i23+0. The van der Waals surface area contributed by atoms with Gasteiger partial charge < -0.3 is 30.5 Å². The molecular weight excluding hydrogens is 467 g/mol. The van der Waals surface area contributed by atoms with Crippen molar-refractivity contribution in [3.8, 4) is 6.07 Å². The molecule has 1 aliphatic rings. The summed E-state index contributed by atoms with van der Waals surface area (Å²) in [5.41, 5.74) is -1.81. The maximum atomic E-state index is 13.4. The van der Waals surface area contributed by atoms with E-state index in [9.17, 15) is 39.2 Å². The summed E-state index contributed by atoms with van der Waals surface area (Å²) in [5, 5.41) is 51.0. The molecule has 1 amide bonds. The van der Waals surface area contributed by atoms with E-state index in [0.717, 1.165) is 22.8 Å². The Labute approximate surface area is 198 Å². The lowest BCUT2D eigenvalue weighted by Crippen LogP contribution is -2.48. The maximum Gasteiger partial charge on any atom is 0.333 e. The normalized spacial score (nSPS) is 21.3.